The highest BCUT2D eigenvalue weighted by atomic mass is 35.5. The van der Waals surface area contributed by atoms with Gasteiger partial charge in [-0.3, -0.25) is 0 Å². The third-order valence-electron chi connectivity index (χ3n) is 3.33. The topological polar surface area (TPSA) is 80.5 Å². The van der Waals surface area contributed by atoms with E-state index in [1.165, 1.54) is 11.8 Å². The molecule has 0 bridgehead atoms. The lowest BCUT2D eigenvalue weighted by Gasteiger charge is -2.11. The van der Waals surface area contributed by atoms with Crippen LogP contribution in [0.15, 0.2) is 28.4 Å². The van der Waals surface area contributed by atoms with E-state index in [-0.39, 0.29) is 5.25 Å². The van der Waals surface area contributed by atoms with Gasteiger partial charge in [0.05, 0.1) is 16.5 Å². The minimum absolute atomic E-state index is 0.0589. The fourth-order valence-electron chi connectivity index (χ4n) is 2.26. The van der Waals surface area contributed by atoms with Crippen LogP contribution in [-0.2, 0) is 0 Å². The summed E-state index contributed by atoms with van der Waals surface area (Å²) in [5, 5.41) is 3.10. The number of nitrogens with two attached hydrogens (primary N) is 1. The molecular weight excluding hydrogens is 350 g/mol. The highest BCUT2D eigenvalue weighted by molar-refractivity contribution is 7.99. The lowest BCUT2D eigenvalue weighted by molar-refractivity contribution is 0.888. The third-order valence-corrected chi connectivity index (χ3v) is 5.22. The van der Waals surface area contributed by atoms with E-state index in [1.807, 2.05) is 19.2 Å². The number of thioether (sulfide) groups is 2. The van der Waals surface area contributed by atoms with E-state index in [0.717, 1.165) is 27.3 Å². The molecule has 0 amide bonds. The number of aromatic amines is 1. The summed E-state index contributed by atoms with van der Waals surface area (Å²) in [6.07, 6.45) is 1.96. The number of nitrogens with zero attached hydrogens (tertiary/aromatic N) is 3. The smallest absolute Gasteiger partial charge is 0.191 e. The van der Waals surface area contributed by atoms with Crippen LogP contribution >= 0.6 is 35.1 Å². The van der Waals surface area contributed by atoms with Crippen LogP contribution in [0.5, 0.6) is 0 Å². The molecule has 8 heteroatoms. The second-order valence-electron chi connectivity index (χ2n) is 5.13. The molecule has 0 aliphatic heterocycles. The Hall–Kier alpha value is -1.44. The first kappa shape index (κ1) is 16.4. The zero-order chi connectivity index (χ0) is 16.6. The van der Waals surface area contributed by atoms with Crippen molar-refractivity contribution < 1.29 is 0 Å². The van der Waals surface area contributed by atoms with E-state index in [1.54, 1.807) is 17.8 Å². The van der Waals surface area contributed by atoms with Crippen LogP contribution in [0.1, 0.15) is 23.6 Å². The van der Waals surface area contributed by atoms with Crippen LogP contribution in [0, 0.1) is 6.92 Å². The van der Waals surface area contributed by atoms with Gasteiger partial charge in [0.2, 0.25) is 0 Å². The molecule has 0 radical (unpaired) electrons. The van der Waals surface area contributed by atoms with Crippen LogP contribution in [0.25, 0.3) is 10.9 Å². The van der Waals surface area contributed by atoms with Crippen molar-refractivity contribution in [2.45, 2.75) is 29.3 Å². The number of halogens is 1. The number of hydrogen-bond donors (Lipinski definition) is 2. The molecule has 3 aromatic rings. The van der Waals surface area contributed by atoms with Crippen LogP contribution in [0.4, 0.5) is 5.82 Å². The number of pyridine rings is 1. The summed E-state index contributed by atoms with van der Waals surface area (Å²) in [5.74, 6) is 0.474. The van der Waals surface area contributed by atoms with Gasteiger partial charge in [0.15, 0.2) is 10.3 Å². The molecule has 120 valence electrons. The SMILES string of the molecule is CSc1cc(N)nc(SC(C)c2cc3cc(C)[nH]c3c(Cl)n2)n1. The molecule has 0 aromatic carbocycles. The van der Waals surface area contributed by atoms with E-state index in [0.29, 0.717) is 16.1 Å². The Labute approximate surface area is 147 Å². The minimum atomic E-state index is 0.0589. The highest BCUT2D eigenvalue weighted by Crippen LogP contribution is 2.35. The monoisotopic (exact) mass is 365 g/mol. The Morgan fingerprint density at radius 3 is 2.74 bits per heavy atom. The molecule has 0 spiro atoms. The minimum Gasteiger partial charge on any atom is -0.384 e. The van der Waals surface area contributed by atoms with Gasteiger partial charge in [0.1, 0.15) is 10.8 Å². The normalized spacial score (nSPS) is 12.7. The molecule has 0 saturated heterocycles. The maximum atomic E-state index is 6.29. The number of anilines is 1. The zero-order valence-corrected chi connectivity index (χ0v) is 15.3. The zero-order valence-electron chi connectivity index (χ0n) is 12.9. The van der Waals surface area contributed by atoms with Crippen molar-refractivity contribution in [2.24, 2.45) is 0 Å². The van der Waals surface area contributed by atoms with Crippen molar-refractivity contribution in [2.75, 3.05) is 12.0 Å². The lowest BCUT2D eigenvalue weighted by atomic mass is 10.2. The van der Waals surface area contributed by atoms with Crippen molar-refractivity contribution in [3.63, 3.8) is 0 Å². The van der Waals surface area contributed by atoms with E-state index in [2.05, 4.69) is 32.9 Å². The van der Waals surface area contributed by atoms with Crippen LogP contribution in [-0.4, -0.2) is 26.2 Å². The van der Waals surface area contributed by atoms with Crippen LogP contribution in [0.3, 0.4) is 0 Å². The number of aryl methyl sites for hydroxylation is 1. The third kappa shape index (κ3) is 3.57. The van der Waals surface area contributed by atoms with Crippen molar-refractivity contribution in [3.05, 3.63) is 34.7 Å². The van der Waals surface area contributed by atoms with Crippen molar-refractivity contribution >= 4 is 51.8 Å². The molecule has 23 heavy (non-hydrogen) atoms. The maximum Gasteiger partial charge on any atom is 0.191 e. The molecule has 3 aromatic heterocycles. The first-order valence-corrected chi connectivity index (χ1v) is 9.45. The summed E-state index contributed by atoms with van der Waals surface area (Å²) >= 11 is 9.35. The molecule has 1 atom stereocenters. The fourth-order valence-corrected chi connectivity index (χ4v) is 3.86. The summed E-state index contributed by atoms with van der Waals surface area (Å²) in [7, 11) is 0. The second kappa shape index (κ2) is 6.59. The van der Waals surface area contributed by atoms with E-state index in [9.17, 15) is 0 Å². The number of hydrogen-bond acceptors (Lipinski definition) is 6. The molecule has 3 heterocycles. The molecule has 3 rings (SSSR count). The van der Waals surface area contributed by atoms with E-state index in [4.69, 9.17) is 17.3 Å². The number of aromatic nitrogens is 4. The molecular formula is C15H16ClN5S2. The van der Waals surface area contributed by atoms with Crippen molar-refractivity contribution in [1.82, 2.24) is 19.9 Å². The van der Waals surface area contributed by atoms with E-state index < -0.39 is 0 Å². The Morgan fingerprint density at radius 2 is 2.00 bits per heavy atom. The standard InChI is InChI=1S/C15H16ClN5S2/c1-7-4-9-5-10(19-14(16)13(9)18-7)8(2)23-15-20-11(17)6-12(21-15)22-3/h4-6,8,18H,1-3H3,(H2,17,20,21). The number of H-pyrrole nitrogens is 1. The molecule has 1 unspecified atom stereocenters. The lowest BCUT2D eigenvalue weighted by Crippen LogP contribution is -1.99. The molecule has 0 aliphatic rings. The molecule has 3 N–H and O–H groups in total. The van der Waals surface area contributed by atoms with Gasteiger partial charge < -0.3 is 10.7 Å². The predicted molar refractivity (Wildman–Crippen MR) is 98.3 cm³/mol. The summed E-state index contributed by atoms with van der Waals surface area (Å²) in [6.45, 7) is 4.05. The number of nitrogen functional groups attached to an aromatic ring is 1. The van der Waals surface area contributed by atoms with Gasteiger partial charge in [-0.15, -0.1) is 11.8 Å². The van der Waals surface area contributed by atoms with Gasteiger partial charge in [0, 0.05) is 17.1 Å². The van der Waals surface area contributed by atoms with E-state index >= 15 is 0 Å². The molecule has 5 nitrogen and oxygen atoms in total. The first-order chi connectivity index (χ1) is 11.0. The van der Waals surface area contributed by atoms with Crippen molar-refractivity contribution in [1.29, 1.82) is 0 Å². The van der Waals surface area contributed by atoms with Gasteiger partial charge >= 0.3 is 0 Å². The summed E-state index contributed by atoms with van der Waals surface area (Å²) in [4.78, 5) is 16.5. The Balaban J connectivity index is 1.91. The van der Waals surface area contributed by atoms with Gasteiger partial charge in [-0.2, -0.15) is 0 Å². The number of fused-ring (bicyclic) bond motifs is 1. The van der Waals surface area contributed by atoms with Gasteiger partial charge in [-0.05, 0) is 32.2 Å². The quantitative estimate of drug-likeness (QED) is 0.307. The largest absolute Gasteiger partial charge is 0.384 e. The summed E-state index contributed by atoms with van der Waals surface area (Å²) in [5.41, 5.74) is 8.65. The van der Waals surface area contributed by atoms with Gasteiger partial charge in [-0.1, -0.05) is 23.4 Å². The van der Waals surface area contributed by atoms with Crippen LogP contribution in [0.2, 0.25) is 5.15 Å². The average Bonchev–Trinajstić information content (AvgIpc) is 2.87. The molecule has 0 aliphatic carbocycles. The first-order valence-electron chi connectivity index (χ1n) is 6.97. The maximum absolute atomic E-state index is 6.29. The summed E-state index contributed by atoms with van der Waals surface area (Å²) < 4.78 is 0. The number of nitrogens with one attached hydrogen (secondary N) is 1. The fraction of sp³-hybridized carbons (Fsp3) is 0.267. The highest BCUT2D eigenvalue weighted by Gasteiger charge is 2.15. The Kier molecular flexibility index (Phi) is 4.70. The number of rotatable bonds is 4. The van der Waals surface area contributed by atoms with Gasteiger partial charge in [0.25, 0.3) is 0 Å². The predicted octanol–water partition coefficient (Wildman–Crippen LogP) is 4.47. The Morgan fingerprint density at radius 1 is 1.22 bits per heavy atom. The van der Waals surface area contributed by atoms with Crippen molar-refractivity contribution in [3.8, 4) is 0 Å². The Bertz CT molecular complexity index is 864. The molecule has 0 fully saturated rings. The molecule has 0 saturated carbocycles. The van der Waals surface area contributed by atoms with Crippen LogP contribution < -0.4 is 5.73 Å². The van der Waals surface area contributed by atoms with Gasteiger partial charge in [-0.25, -0.2) is 15.0 Å². The average molecular weight is 366 g/mol. The summed E-state index contributed by atoms with van der Waals surface area (Å²) in [6, 6.07) is 5.87. The second-order valence-corrected chi connectivity index (χ2v) is 7.62.